The number of thiazole rings is 1. The molecule has 1 aromatic heterocycles. The SMILES string of the molecule is COCC(NC1CC1)(c1nc(C)c(C)s1)C(C)C. The van der Waals surface area contributed by atoms with Gasteiger partial charge in [0.05, 0.1) is 17.8 Å². The lowest BCUT2D eigenvalue weighted by atomic mass is 9.87. The van der Waals surface area contributed by atoms with Gasteiger partial charge in [0.1, 0.15) is 5.01 Å². The van der Waals surface area contributed by atoms with Gasteiger partial charge in [-0.25, -0.2) is 4.98 Å². The number of rotatable bonds is 6. The number of aryl methyl sites for hydroxylation is 2. The van der Waals surface area contributed by atoms with E-state index in [9.17, 15) is 0 Å². The molecule has 1 fully saturated rings. The largest absolute Gasteiger partial charge is 0.382 e. The van der Waals surface area contributed by atoms with Gasteiger partial charge in [0, 0.05) is 18.0 Å². The predicted octanol–water partition coefficient (Wildman–Crippen LogP) is 3.01. The Morgan fingerprint density at radius 3 is 2.50 bits per heavy atom. The molecule has 4 heteroatoms. The second-order valence-electron chi connectivity index (χ2n) is 5.64. The first-order valence-electron chi connectivity index (χ1n) is 6.70. The maximum Gasteiger partial charge on any atom is 0.116 e. The first-order valence-corrected chi connectivity index (χ1v) is 7.52. The van der Waals surface area contributed by atoms with E-state index in [1.807, 2.05) is 0 Å². The number of aromatic nitrogens is 1. The Bertz CT molecular complexity index is 392. The van der Waals surface area contributed by atoms with Crippen LogP contribution in [0.5, 0.6) is 0 Å². The molecule has 0 radical (unpaired) electrons. The molecule has 0 bridgehead atoms. The van der Waals surface area contributed by atoms with Crippen LogP contribution in [0.1, 0.15) is 42.3 Å². The molecule has 18 heavy (non-hydrogen) atoms. The van der Waals surface area contributed by atoms with Gasteiger partial charge in [-0.15, -0.1) is 11.3 Å². The fourth-order valence-corrected chi connectivity index (χ4v) is 3.43. The minimum Gasteiger partial charge on any atom is -0.382 e. The van der Waals surface area contributed by atoms with Gasteiger partial charge in [-0.1, -0.05) is 13.8 Å². The van der Waals surface area contributed by atoms with Gasteiger partial charge in [0.15, 0.2) is 0 Å². The first-order chi connectivity index (χ1) is 8.49. The van der Waals surface area contributed by atoms with Gasteiger partial charge in [0.2, 0.25) is 0 Å². The van der Waals surface area contributed by atoms with E-state index in [1.54, 1.807) is 18.4 Å². The minimum absolute atomic E-state index is 0.125. The summed E-state index contributed by atoms with van der Waals surface area (Å²) in [5, 5.41) is 4.97. The fraction of sp³-hybridized carbons (Fsp3) is 0.786. The molecule has 0 saturated heterocycles. The summed E-state index contributed by atoms with van der Waals surface area (Å²) in [6.45, 7) is 9.42. The van der Waals surface area contributed by atoms with E-state index < -0.39 is 0 Å². The fourth-order valence-electron chi connectivity index (χ4n) is 2.23. The second kappa shape index (κ2) is 5.27. The van der Waals surface area contributed by atoms with Gasteiger partial charge in [-0.3, -0.25) is 0 Å². The smallest absolute Gasteiger partial charge is 0.116 e. The van der Waals surface area contributed by atoms with Crippen molar-refractivity contribution in [2.24, 2.45) is 5.92 Å². The van der Waals surface area contributed by atoms with Crippen molar-refractivity contribution in [1.82, 2.24) is 10.3 Å². The van der Waals surface area contributed by atoms with E-state index in [0.717, 1.165) is 5.69 Å². The monoisotopic (exact) mass is 268 g/mol. The van der Waals surface area contributed by atoms with Crippen molar-refractivity contribution in [2.75, 3.05) is 13.7 Å². The molecule has 1 saturated carbocycles. The maximum atomic E-state index is 5.51. The van der Waals surface area contributed by atoms with E-state index in [2.05, 4.69) is 33.0 Å². The summed E-state index contributed by atoms with van der Waals surface area (Å²) in [7, 11) is 1.78. The van der Waals surface area contributed by atoms with Crippen LogP contribution < -0.4 is 5.32 Å². The van der Waals surface area contributed by atoms with E-state index in [4.69, 9.17) is 9.72 Å². The third-order valence-electron chi connectivity index (χ3n) is 3.81. The summed E-state index contributed by atoms with van der Waals surface area (Å²) in [4.78, 5) is 6.09. The van der Waals surface area contributed by atoms with Crippen molar-refractivity contribution < 1.29 is 4.74 Å². The van der Waals surface area contributed by atoms with Crippen LogP contribution >= 0.6 is 11.3 Å². The Balaban J connectivity index is 2.36. The second-order valence-corrected chi connectivity index (χ2v) is 6.84. The molecule has 1 heterocycles. The molecule has 0 aromatic carbocycles. The molecule has 102 valence electrons. The van der Waals surface area contributed by atoms with Crippen LogP contribution in [0.3, 0.4) is 0 Å². The zero-order chi connectivity index (χ0) is 13.3. The highest BCUT2D eigenvalue weighted by Crippen LogP contribution is 2.37. The molecule has 0 aliphatic heterocycles. The minimum atomic E-state index is -0.125. The molecule has 2 rings (SSSR count). The molecule has 1 atom stereocenters. The van der Waals surface area contributed by atoms with Crippen LogP contribution in [0, 0.1) is 19.8 Å². The lowest BCUT2D eigenvalue weighted by Crippen LogP contribution is -2.51. The maximum absolute atomic E-state index is 5.51. The van der Waals surface area contributed by atoms with Crippen LogP contribution in [0.2, 0.25) is 0 Å². The number of hydrogen-bond acceptors (Lipinski definition) is 4. The Morgan fingerprint density at radius 2 is 2.11 bits per heavy atom. The summed E-state index contributed by atoms with van der Waals surface area (Å²) < 4.78 is 5.51. The molecule has 1 aliphatic rings. The zero-order valence-electron chi connectivity index (χ0n) is 12.0. The van der Waals surface area contributed by atoms with Gasteiger partial charge < -0.3 is 10.1 Å². The normalized spacial score (nSPS) is 19.2. The Kier molecular flexibility index (Phi) is 4.09. The first kappa shape index (κ1) is 14.0. The average Bonchev–Trinajstić information content (AvgIpc) is 3.04. The number of hydrogen-bond donors (Lipinski definition) is 1. The van der Waals surface area contributed by atoms with Crippen LogP contribution in [0.25, 0.3) is 0 Å². The number of nitrogens with zero attached hydrogens (tertiary/aromatic N) is 1. The predicted molar refractivity (Wildman–Crippen MR) is 76.1 cm³/mol. The lowest BCUT2D eigenvalue weighted by Gasteiger charge is -2.36. The van der Waals surface area contributed by atoms with Gasteiger partial charge in [-0.05, 0) is 32.6 Å². The molecule has 1 aromatic rings. The Labute approximate surface area is 114 Å². The molecular formula is C14H24N2OS. The van der Waals surface area contributed by atoms with Gasteiger partial charge in [0.25, 0.3) is 0 Å². The summed E-state index contributed by atoms with van der Waals surface area (Å²) in [6.07, 6.45) is 2.56. The Morgan fingerprint density at radius 1 is 1.44 bits per heavy atom. The molecule has 1 unspecified atom stereocenters. The number of nitrogens with one attached hydrogen (secondary N) is 1. The highest BCUT2D eigenvalue weighted by atomic mass is 32.1. The third kappa shape index (κ3) is 2.60. The highest BCUT2D eigenvalue weighted by Gasteiger charge is 2.42. The average molecular weight is 268 g/mol. The van der Waals surface area contributed by atoms with Crippen molar-refractivity contribution in [1.29, 1.82) is 0 Å². The molecule has 0 spiro atoms. The van der Waals surface area contributed by atoms with Crippen LogP contribution in [-0.4, -0.2) is 24.7 Å². The van der Waals surface area contributed by atoms with Crippen molar-refractivity contribution >= 4 is 11.3 Å². The third-order valence-corrected chi connectivity index (χ3v) is 5.06. The summed E-state index contributed by atoms with van der Waals surface area (Å²) in [5.41, 5.74) is 1.02. The summed E-state index contributed by atoms with van der Waals surface area (Å²) in [6, 6.07) is 0.645. The van der Waals surface area contributed by atoms with E-state index in [1.165, 1.54) is 22.7 Å². The van der Waals surface area contributed by atoms with Crippen molar-refractivity contribution in [3.63, 3.8) is 0 Å². The zero-order valence-corrected chi connectivity index (χ0v) is 12.9. The highest BCUT2D eigenvalue weighted by molar-refractivity contribution is 7.11. The molecule has 1 N–H and O–H groups in total. The molecule has 1 aliphatic carbocycles. The van der Waals surface area contributed by atoms with Gasteiger partial charge in [-0.2, -0.15) is 0 Å². The molecule has 0 amide bonds. The van der Waals surface area contributed by atoms with Crippen LogP contribution in [0.15, 0.2) is 0 Å². The van der Waals surface area contributed by atoms with Crippen molar-refractivity contribution in [3.05, 3.63) is 15.6 Å². The quantitative estimate of drug-likeness (QED) is 0.861. The van der Waals surface area contributed by atoms with Gasteiger partial charge >= 0.3 is 0 Å². The number of methoxy groups -OCH3 is 1. The molecular weight excluding hydrogens is 244 g/mol. The topological polar surface area (TPSA) is 34.1 Å². The van der Waals surface area contributed by atoms with E-state index in [0.29, 0.717) is 18.6 Å². The Hall–Kier alpha value is -0.450. The number of ether oxygens (including phenoxy) is 1. The summed E-state index contributed by atoms with van der Waals surface area (Å²) >= 11 is 1.81. The van der Waals surface area contributed by atoms with Crippen LogP contribution in [-0.2, 0) is 10.3 Å². The standard InChI is InChI=1S/C14H24N2OS/c1-9(2)14(8-17-5,16-12-6-7-12)13-15-10(3)11(4)18-13/h9,12,16H,6-8H2,1-5H3. The molecule has 3 nitrogen and oxygen atoms in total. The van der Waals surface area contributed by atoms with E-state index >= 15 is 0 Å². The lowest BCUT2D eigenvalue weighted by molar-refractivity contribution is 0.0744. The summed E-state index contributed by atoms with van der Waals surface area (Å²) in [5.74, 6) is 0.461. The van der Waals surface area contributed by atoms with Crippen LogP contribution in [0.4, 0.5) is 0 Å². The van der Waals surface area contributed by atoms with Crippen molar-refractivity contribution in [3.8, 4) is 0 Å². The van der Waals surface area contributed by atoms with E-state index in [-0.39, 0.29) is 5.54 Å². The van der Waals surface area contributed by atoms with Crippen molar-refractivity contribution in [2.45, 2.75) is 52.1 Å².